The summed E-state index contributed by atoms with van der Waals surface area (Å²) in [6.45, 7) is 10.5. The minimum absolute atomic E-state index is 0.199. The number of rotatable bonds is 14. The normalized spacial score (nSPS) is 18.6. The van der Waals surface area contributed by atoms with Gasteiger partial charge in [-0.15, -0.1) is 0 Å². The fraction of sp³-hybridized carbons (Fsp3) is 1.00. The Morgan fingerprint density at radius 2 is 1.16 bits per heavy atom. The third kappa shape index (κ3) is 11.1. The van der Waals surface area contributed by atoms with Gasteiger partial charge >= 0.3 is 0 Å². The topological polar surface area (TPSA) is 123 Å². The van der Waals surface area contributed by atoms with Gasteiger partial charge in [0.25, 0.3) is 0 Å². The third-order valence-corrected chi connectivity index (χ3v) is 4.10. The van der Waals surface area contributed by atoms with E-state index in [9.17, 15) is 25.5 Å². The summed E-state index contributed by atoms with van der Waals surface area (Å²) in [6, 6.07) is 0. The van der Waals surface area contributed by atoms with Crippen molar-refractivity contribution < 1.29 is 25.5 Å². The Bertz CT molecular complexity index is 322. The highest BCUT2D eigenvalue weighted by molar-refractivity contribution is 4.68. The van der Waals surface area contributed by atoms with Crippen molar-refractivity contribution in [1.29, 1.82) is 0 Å². The zero-order valence-electron chi connectivity index (χ0n) is 16.2. The van der Waals surface area contributed by atoms with Crippen molar-refractivity contribution in [3.05, 3.63) is 0 Å². The first-order chi connectivity index (χ1) is 11.6. The molecule has 152 valence electrons. The minimum Gasteiger partial charge on any atom is -0.379 e. The summed E-state index contributed by atoms with van der Waals surface area (Å²) in [5.74, 6) is 0. The van der Waals surface area contributed by atoms with Crippen LogP contribution in [0.4, 0.5) is 0 Å². The Hall–Kier alpha value is -0.360. The van der Waals surface area contributed by atoms with Crippen LogP contribution in [0, 0.1) is 0 Å². The molecule has 0 saturated carbocycles. The first-order valence-electron chi connectivity index (χ1n) is 8.93. The zero-order valence-corrected chi connectivity index (χ0v) is 16.2. The van der Waals surface area contributed by atoms with Gasteiger partial charge in [-0.05, 0) is 47.6 Å². The minimum atomic E-state index is -0.847. The van der Waals surface area contributed by atoms with Crippen LogP contribution in [0.2, 0.25) is 0 Å². The third-order valence-electron chi connectivity index (χ3n) is 4.10. The summed E-state index contributed by atoms with van der Waals surface area (Å²) in [6.07, 6.45) is -2.88. The molecule has 0 amide bonds. The molecular weight excluding hydrogens is 328 g/mol. The van der Waals surface area contributed by atoms with E-state index >= 15 is 0 Å². The van der Waals surface area contributed by atoms with Crippen molar-refractivity contribution in [3.63, 3.8) is 0 Å². The van der Waals surface area contributed by atoms with E-state index in [1.807, 2.05) is 4.90 Å². The molecule has 0 aliphatic carbocycles. The smallest absolute Gasteiger partial charge is 0.107 e. The maximum Gasteiger partial charge on any atom is 0.107 e. The molecule has 0 saturated heterocycles. The lowest BCUT2D eigenvalue weighted by Gasteiger charge is -2.37. The van der Waals surface area contributed by atoms with Crippen molar-refractivity contribution in [3.8, 4) is 0 Å². The summed E-state index contributed by atoms with van der Waals surface area (Å²) in [5.41, 5.74) is 0. The fourth-order valence-corrected chi connectivity index (χ4v) is 2.47. The molecule has 0 rings (SSSR count). The maximum atomic E-state index is 9.97. The molecule has 5 unspecified atom stereocenters. The number of hydrogen-bond donors (Lipinski definition) is 6. The lowest BCUT2D eigenvalue weighted by atomic mass is 10.3. The molecule has 0 aromatic heterocycles. The quantitative estimate of drug-likeness (QED) is 0.161. The molecule has 0 aliphatic rings. The second-order valence-electron chi connectivity index (χ2n) is 6.52. The van der Waals surface area contributed by atoms with Crippen molar-refractivity contribution in [2.75, 3.05) is 32.8 Å². The van der Waals surface area contributed by atoms with E-state index in [0.717, 1.165) is 6.42 Å². The molecule has 0 radical (unpaired) electrons. The van der Waals surface area contributed by atoms with Crippen molar-refractivity contribution in [2.24, 2.45) is 0 Å². The van der Waals surface area contributed by atoms with E-state index in [1.165, 1.54) is 4.90 Å². The average Bonchev–Trinajstić information content (AvgIpc) is 2.47. The van der Waals surface area contributed by atoms with Crippen LogP contribution >= 0.6 is 0 Å². The van der Waals surface area contributed by atoms with Gasteiger partial charge in [0.05, 0.1) is 6.67 Å². The Morgan fingerprint density at radius 1 is 0.680 bits per heavy atom. The predicted molar refractivity (Wildman–Crippen MR) is 96.0 cm³/mol. The molecule has 5 atom stereocenters. The van der Waals surface area contributed by atoms with Gasteiger partial charge < -0.3 is 25.5 Å². The predicted octanol–water partition coefficient (Wildman–Crippen LogP) is -1.48. The lowest BCUT2D eigenvalue weighted by molar-refractivity contribution is -0.133. The fourth-order valence-electron chi connectivity index (χ4n) is 2.47. The van der Waals surface area contributed by atoms with Crippen LogP contribution in [-0.2, 0) is 0 Å². The van der Waals surface area contributed by atoms with Crippen LogP contribution in [0.1, 0.15) is 41.0 Å². The second-order valence-corrected chi connectivity index (χ2v) is 6.52. The second kappa shape index (κ2) is 12.9. The van der Waals surface area contributed by atoms with Crippen molar-refractivity contribution in [1.82, 2.24) is 20.0 Å². The molecule has 0 spiro atoms. The van der Waals surface area contributed by atoms with Crippen LogP contribution < -0.4 is 5.32 Å². The van der Waals surface area contributed by atoms with E-state index < -0.39 is 31.1 Å². The number of aliphatic hydroxyl groups excluding tert-OH is 5. The molecule has 9 heteroatoms. The molecule has 9 nitrogen and oxygen atoms in total. The van der Waals surface area contributed by atoms with E-state index in [-0.39, 0.29) is 6.67 Å². The summed E-state index contributed by atoms with van der Waals surface area (Å²) < 4.78 is 0. The Balaban J connectivity index is 4.56. The van der Waals surface area contributed by atoms with E-state index in [0.29, 0.717) is 26.2 Å². The lowest BCUT2D eigenvalue weighted by Crippen LogP contribution is -2.52. The molecular formula is C16H38N4O5. The highest BCUT2D eigenvalue weighted by Gasteiger charge is 2.23. The largest absolute Gasteiger partial charge is 0.379 e. The molecule has 0 aliphatic heterocycles. The number of nitrogens with one attached hydrogen (secondary N) is 1. The van der Waals surface area contributed by atoms with Gasteiger partial charge in [-0.3, -0.25) is 15.1 Å². The van der Waals surface area contributed by atoms with E-state index in [4.69, 9.17) is 0 Å². The maximum absolute atomic E-state index is 9.97. The summed E-state index contributed by atoms with van der Waals surface area (Å²) >= 11 is 0. The molecule has 25 heavy (non-hydrogen) atoms. The number of hydrogen-bond acceptors (Lipinski definition) is 9. The van der Waals surface area contributed by atoms with Crippen LogP contribution in [0.15, 0.2) is 0 Å². The summed E-state index contributed by atoms with van der Waals surface area (Å²) in [4.78, 5) is 5.03. The van der Waals surface area contributed by atoms with Crippen LogP contribution in [0.25, 0.3) is 0 Å². The zero-order chi connectivity index (χ0) is 19.6. The Kier molecular flexibility index (Phi) is 12.7. The Labute approximate surface area is 151 Å². The summed E-state index contributed by atoms with van der Waals surface area (Å²) in [7, 11) is 0. The highest BCUT2D eigenvalue weighted by Crippen LogP contribution is 2.07. The van der Waals surface area contributed by atoms with Gasteiger partial charge in [0.15, 0.2) is 0 Å². The van der Waals surface area contributed by atoms with Crippen LogP contribution in [0.3, 0.4) is 0 Å². The van der Waals surface area contributed by atoms with Gasteiger partial charge in [0, 0.05) is 19.6 Å². The number of nitrogens with zero attached hydrogens (tertiary/aromatic N) is 3. The SMILES string of the molecule is CC(O)NCCCN(CCN(CN(C(C)O)C(C)O)C(C)O)C(C)O. The van der Waals surface area contributed by atoms with Gasteiger partial charge in [0.1, 0.15) is 31.1 Å². The monoisotopic (exact) mass is 366 g/mol. The van der Waals surface area contributed by atoms with E-state index in [2.05, 4.69) is 5.32 Å². The van der Waals surface area contributed by atoms with Crippen molar-refractivity contribution >= 4 is 0 Å². The molecule has 0 heterocycles. The first kappa shape index (κ1) is 24.6. The highest BCUT2D eigenvalue weighted by atomic mass is 16.3. The van der Waals surface area contributed by atoms with E-state index in [1.54, 1.807) is 39.5 Å². The van der Waals surface area contributed by atoms with Crippen LogP contribution in [0.5, 0.6) is 0 Å². The van der Waals surface area contributed by atoms with Gasteiger partial charge in [-0.1, -0.05) is 0 Å². The molecule has 6 N–H and O–H groups in total. The standard InChI is InChI=1S/C16H38N4O5/c1-12(21)17-7-6-8-18(13(2)22)9-10-19(14(3)23)11-20(15(4)24)16(5)25/h12-17,21-25H,6-11H2,1-5H3. The van der Waals surface area contributed by atoms with Gasteiger partial charge in [-0.25, -0.2) is 4.90 Å². The molecule has 0 fully saturated rings. The summed E-state index contributed by atoms with van der Waals surface area (Å²) in [5, 5.41) is 51.5. The van der Waals surface area contributed by atoms with Gasteiger partial charge in [0.2, 0.25) is 0 Å². The van der Waals surface area contributed by atoms with Gasteiger partial charge in [-0.2, -0.15) is 0 Å². The molecule has 0 aromatic carbocycles. The van der Waals surface area contributed by atoms with Crippen LogP contribution in [-0.4, -0.2) is 104 Å². The average molecular weight is 367 g/mol. The number of aliphatic hydroxyl groups is 5. The molecule has 0 aromatic rings. The Morgan fingerprint density at radius 3 is 1.56 bits per heavy atom. The molecule has 0 bridgehead atoms. The first-order valence-corrected chi connectivity index (χ1v) is 8.93. The van der Waals surface area contributed by atoms with Crippen molar-refractivity contribution in [2.45, 2.75) is 72.2 Å².